The van der Waals surface area contributed by atoms with Crippen LogP contribution in [0.2, 0.25) is 0 Å². The molecule has 0 aromatic carbocycles. The van der Waals surface area contributed by atoms with Crippen LogP contribution >= 0.6 is 0 Å². The van der Waals surface area contributed by atoms with Gasteiger partial charge in [0.15, 0.2) is 0 Å². The molecule has 0 atom stereocenters. The van der Waals surface area contributed by atoms with Crippen LogP contribution < -0.4 is 16.6 Å². The molecule has 2 heterocycles. The van der Waals surface area contributed by atoms with Gasteiger partial charge in [-0.3, -0.25) is 9.78 Å². The summed E-state index contributed by atoms with van der Waals surface area (Å²) in [4.78, 5) is 25.3. The van der Waals surface area contributed by atoms with Gasteiger partial charge in [-0.1, -0.05) is 0 Å². The molecule has 0 bridgehead atoms. The van der Waals surface area contributed by atoms with Gasteiger partial charge in [0.05, 0.1) is 6.20 Å². The van der Waals surface area contributed by atoms with Crippen LogP contribution in [0.5, 0.6) is 0 Å². The van der Waals surface area contributed by atoms with Crippen molar-refractivity contribution in [3.05, 3.63) is 40.8 Å². The summed E-state index contributed by atoms with van der Waals surface area (Å²) >= 11 is 0. The van der Waals surface area contributed by atoms with Crippen molar-refractivity contribution in [3.63, 3.8) is 0 Å². The van der Waals surface area contributed by atoms with Crippen LogP contribution in [0, 0.1) is 0 Å². The predicted molar refractivity (Wildman–Crippen MR) is 58.6 cm³/mol. The van der Waals surface area contributed by atoms with E-state index < -0.39 is 0 Å². The Balaban J connectivity index is 2.05. The first-order valence-electron chi connectivity index (χ1n) is 4.58. The van der Waals surface area contributed by atoms with Crippen LogP contribution in [0.4, 0.5) is 11.6 Å². The van der Waals surface area contributed by atoms with Gasteiger partial charge in [0.2, 0.25) is 5.95 Å². The van der Waals surface area contributed by atoms with Crippen molar-refractivity contribution in [2.75, 3.05) is 11.1 Å². The maximum atomic E-state index is 11.2. The molecule has 0 radical (unpaired) electrons. The summed E-state index contributed by atoms with van der Waals surface area (Å²) in [6.07, 6.45) is 6.11. The van der Waals surface area contributed by atoms with Gasteiger partial charge in [-0.2, -0.15) is 0 Å². The van der Waals surface area contributed by atoms with Crippen LogP contribution in [0.15, 0.2) is 29.7 Å². The van der Waals surface area contributed by atoms with E-state index in [1.54, 1.807) is 12.4 Å². The van der Waals surface area contributed by atoms with Crippen molar-refractivity contribution in [1.82, 2.24) is 19.9 Å². The summed E-state index contributed by atoms with van der Waals surface area (Å²) in [5.41, 5.74) is 5.96. The fraction of sp³-hybridized carbons (Fsp3) is 0.111. The van der Waals surface area contributed by atoms with Crippen molar-refractivity contribution in [1.29, 1.82) is 0 Å². The summed E-state index contributed by atoms with van der Waals surface area (Å²) < 4.78 is 0. The van der Waals surface area contributed by atoms with E-state index in [2.05, 4.69) is 25.3 Å². The van der Waals surface area contributed by atoms with E-state index in [9.17, 15) is 4.79 Å². The Bertz CT molecular complexity index is 523. The zero-order valence-corrected chi connectivity index (χ0v) is 8.34. The molecule has 0 aliphatic carbocycles. The number of aromatic amines is 1. The second-order valence-electron chi connectivity index (χ2n) is 3.12. The van der Waals surface area contributed by atoms with E-state index in [0.29, 0.717) is 12.5 Å². The second-order valence-corrected chi connectivity index (χ2v) is 3.12. The number of aromatic nitrogens is 4. The van der Waals surface area contributed by atoms with E-state index in [1.807, 2.05) is 0 Å². The summed E-state index contributed by atoms with van der Waals surface area (Å²) in [7, 11) is 0. The van der Waals surface area contributed by atoms with E-state index in [1.165, 1.54) is 12.5 Å². The van der Waals surface area contributed by atoms with Crippen molar-refractivity contribution in [2.45, 2.75) is 6.54 Å². The second kappa shape index (κ2) is 4.39. The number of hydrogen-bond acceptors (Lipinski definition) is 6. The molecule has 2 rings (SSSR count). The van der Waals surface area contributed by atoms with Gasteiger partial charge in [0.25, 0.3) is 5.56 Å². The average Bonchev–Trinajstić information content (AvgIpc) is 2.32. The minimum atomic E-state index is -0.359. The highest BCUT2D eigenvalue weighted by atomic mass is 16.1. The number of nitrogens with one attached hydrogen (secondary N) is 2. The van der Waals surface area contributed by atoms with Gasteiger partial charge >= 0.3 is 0 Å². The molecule has 0 saturated heterocycles. The molecule has 0 spiro atoms. The minimum absolute atomic E-state index is 0.0913. The fourth-order valence-corrected chi connectivity index (χ4v) is 1.10. The Morgan fingerprint density at radius 3 is 2.75 bits per heavy atom. The molecule has 16 heavy (non-hydrogen) atoms. The van der Waals surface area contributed by atoms with Gasteiger partial charge in [-0.05, 0) is 0 Å². The molecule has 0 unspecified atom stereocenters. The summed E-state index contributed by atoms with van der Waals surface area (Å²) in [6, 6.07) is 0. The Hall–Kier alpha value is -2.44. The third-order valence-corrected chi connectivity index (χ3v) is 1.90. The number of anilines is 2. The molecule has 0 saturated carbocycles. The molecule has 7 nitrogen and oxygen atoms in total. The van der Waals surface area contributed by atoms with Crippen LogP contribution in [0.3, 0.4) is 0 Å². The van der Waals surface area contributed by atoms with Gasteiger partial charge in [0.1, 0.15) is 12.0 Å². The number of rotatable bonds is 3. The van der Waals surface area contributed by atoms with Crippen LogP contribution in [0.25, 0.3) is 0 Å². The number of nitrogen functional groups attached to an aromatic ring is 1. The van der Waals surface area contributed by atoms with Crippen LogP contribution in [-0.2, 0) is 6.54 Å². The van der Waals surface area contributed by atoms with Gasteiger partial charge in [-0.25, -0.2) is 15.0 Å². The molecule has 2 aromatic rings. The standard InChI is InChI=1S/C9H10N6O/c10-7-4-14-9(15-8(7)16)13-3-6-1-11-5-12-2-6/h1-2,4-5H,3,10H2,(H2,13,14,15,16). The van der Waals surface area contributed by atoms with Gasteiger partial charge in [-0.15, -0.1) is 0 Å². The maximum Gasteiger partial charge on any atom is 0.275 e. The lowest BCUT2D eigenvalue weighted by atomic mass is 10.3. The van der Waals surface area contributed by atoms with Crippen molar-refractivity contribution in [3.8, 4) is 0 Å². The molecule has 2 aromatic heterocycles. The molecular formula is C9H10N6O. The van der Waals surface area contributed by atoms with E-state index in [0.717, 1.165) is 5.56 Å². The first-order valence-corrected chi connectivity index (χ1v) is 4.58. The highest BCUT2D eigenvalue weighted by Crippen LogP contribution is 1.99. The largest absolute Gasteiger partial charge is 0.393 e. The third-order valence-electron chi connectivity index (χ3n) is 1.90. The van der Waals surface area contributed by atoms with E-state index in [-0.39, 0.29) is 11.2 Å². The zero-order valence-electron chi connectivity index (χ0n) is 8.34. The van der Waals surface area contributed by atoms with Crippen LogP contribution in [0.1, 0.15) is 5.56 Å². The number of nitrogens with zero attached hydrogens (tertiary/aromatic N) is 3. The Morgan fingerprint density at radius 1 is 1.31 bits per heavy atom. The lowest BCUT2D eigenvalue weighted by Gasteiger charge is -2.04. The molecular weight excluding hydrogens is 208 g/mol. The summed E-state index contributed by atoms with van der Waals surface area (Å²) in [6.45, 7) is 0.480. The number of H-pyrrole nitrogens is 1. The Labute approximate surface area is 90.8 Å². The first-order chi connectivity index (χ1) is 7.75. The SMILES string of the molecule is Nc1cnc(NCc2cncnc2)[nH]c1=O. The van der Waals surface area contributed by atoms with Gasteiger partial charge in [0, 0.05) is 24.5 Å². The molecule has 0 aliphatic rings. The molecule has 82 valence electrons. The molecule has 7 heteroatoms. The molecule has 0 aliphatic heterocycles. The third kappa shape index (κ3) is 2.32. The fourth-order valence-electron chi connectivity index (χ4n) is 1.10. The van der Waals surface area contributed by atoms with Crippen LogP contribution in [-0.4, -0.2) is 19.9 Å². The number of hydrogen-bond donors (Lipinski definition) is 3. The summed E-state index contributed by atoms with van der Waals surface area (Å²) in [5.74, 6) is 0.364. The monoisotopic (exact) mass is 218 g/mol. The smallest absolute Gasteiger partial charge is 0.275 e. The predicted octanol–water partition coefficient (Wildman–Crippen LogP) is -0.246. The zero-order chi connectivity index (χ0) is 11.4. The lowest BCUT2D eigenvalue weighted by Crippen LogP contribution is -2.15. The molecule has 0 amide bonds. The maximum absolute atomic E-state index is 11.2. The highest BCUT2D eigenvalue weighted by Gasteiger charge is 1.98. The Morgan fingerprint density at radius 2 is 2.06 bits per heavy atom. The average molecular weight is 218 g/mol. The van der Waals surface area contributed by atoms with E-state index >= 15 is 0 Å². The van der Waals surface area contributed by atoms with Crippen molar-refractivity contribution in [2.24, 2.45) is 0 Å². The van der Waals surface area contributed by atoms with Gasteiger partial charge < -0.3 is 11.1 Å². The topological polar surface area (TPSA) is 110 Å². The molecule has 4 N–H and O–H groups in total. The number of nitrogens with two attached hydrogens (primary N) is 1. The minimum Gasteiger partial charge on any atom is -0.393 e. The van der Waals surface area contributed by atoms with Crippen molar-refractivity contribution < 1.29 is 0 Å². The quantitative estimate of drug-likeness (QED) is 0.655. The summed E-state index contributed by atoms with van der Waals surface area (Å²) in [5, 5.41) is 2.93. The normalized spacial score (nSPS) is 10.0. The molecule has 0 fully saturated rings. The lowest BCUT2D eigenvalue weighted by molar-refractivity contribution is 1.01. The first kappa shape index (κ1) is 10.1. The van der Waals surface area contributed by atoms with E-state index in [4.69, 9.17) is 5.73 Å². The highest BCUT2D eigenvalue weighted by molar-refractivity contribution is 5.36. The Kier molecular flexibility index (Phi) is 2.77. The van der Waals surface area contributed by atoms with Crippen molar-refractivity contribution >= 4 is 11.6 Å².